The van der Waals surface area contributed by atoms with Crippen LogP contribution in [0.5, 0.6) is 0 Å². The summed E-state index contributed by atoms with van der Waals surface area (Å²) in [4.78, 5) is 18.5. The summed E-state index contributed by atoms with van der Waals surface area (Å²) in [7, 11) is 0. The molecule has 110 valence electrons. The van der Waals surface area contributed by atoms with Crippen LogP contribution in [0.15, 0.2) is 18.3 Å². The highest BCUT2D eigenvalue weighted by Gasteiger charge is 2.29. The Kier molecular flexibility index (Phi) is 4.96. The number of pyridine rings is 1. The maximum Gasteiger partial charge on any atom is 0.271 e. The van der Waals surface area contributed by atoms with E-state index in [0.717, 1.165) is 19.5 Å². The van der Waals surface area contributed by atoms with E-state index in [1.807, 2.05) is 0 Å². The summed E-state index contributed by atoms with van der Waals surface area (Å²) >= 11 is 5.98. The predicted molar refractivity (Wildman–Crippen MR) is 79.8 cm³/mol. The summed E-state index contributed by atoms with van der Waals surface area (Å²) in [5.41, 5.74) is 6.42. The van der Waals surface area contributed by atoms with Crippen molar-refractivity contribution in [2.45, 2.75) is 38.4 Å². The van der Waals surface area contributed by atoms with E-state index in [-0.39, 0.29) is 23.7 Å². The lowest BCUT2D eigenvalue weighted by Crippen LogP contribution is -2.59. The van der Waals surface area contributed by atoms with Crippen LogP contribution in [0.2, 0.25) is 5.02 Å². The van der Waals surface area contributed by atoms with E-state index in [0.29, 0.717) is 11.1 Å². The van der Waals surface area contributed by atoms with E-state index >= 15 is 0 Å². The molecule has 0 radical (unpaired) electrons. The van der Waals surface area contributed by atoms with Crippen molar-refractivity contribution in [3.63, 3.8) is 0 Å². The van der Waals surface area contributed by atoms with Crippen molar-refractivity contribution < 1.29 is 4.79 Å². The summed E-state index contributed by atoms with van der Waals surface area (Å²) in [5, 5.41) is 3.31. The Morgan fingerprint density at radius 3 is 2.95 bits per heavy atom. The quantitative estimate of drug-likeness (QED) is 0.881. The van der Waals surface area contributed by atoms with Gasteiger partial charge in [-0.1, -0.05) is 11.6 Å². The molecule has 2 atom stereocenters. The van der Waals surface area contributed by atoms with Gasteiger partial charge in [0.05, 0.1) is 5.02 Å². The Hall–Kier alpha value is -1.17. The number of aromatic nitrogens is 1. The Labute approximate surface area is 124 Å². The van der Waals surface area contributed by atoms with Crippen molar-refractivity contribution in [1.29, 1.82) is 0 Å². The van der Waals surface area contributed by atoms with E-state index in [1.165, 1.54) is 0 Å². The number of likely N-dealkylation sites (tertiary alicyclic amines) is 1. The molecule has 3 N–H and O–H groups in total. The van der Waals surface area contributed by atoms with Crippen LogP contribution in [0.1, 0.15) is 30.8 Å². The topological polar surface area (TPSA) is 71.2 Å². The number of amides is 1. The predicted octanol–water partition coefficient (Wildman–Crippen LogP) is 1.27. The minimum atomic E-state index is -0.256. The second kappa shape index (κ2) is 6.52. The minimum Gasteiger partial charge on any atom is -0.346 e. The van der Waals surface area contributed by atoms with Gasteiger partial charge in [0, 0.05) is 37.4 Å². The number of piperidine rings is 1. The molecule has 1 fully saturated rings. The molecule has 2 unspecified atom stereocenters. The van der Waals surface area contributed by atoms with Gasteiger partial charge in [0.25, 0.3) is 5.91 Å². The number of carbonyl (C=O) groups excluding carboxylic acids is 1. The van der Waals surface area contributed by atoms with Crippen molar-refractivity contribution in [1.82, 2.24) is 15.2 Å². The molecule has 2 heterocycles. The highest BCUT2D eigenvalue weighted by atomic mass is 35.5. The smallest absolute Gasteiger partial charge is 0.271 e. The number of hydrogen-bond donors (Lipinski definition) is 2. The highest BCUT2D eigenvalue weighted by Crippen LogP contribution is 2.15. The molecule has 5 nitrogen and oxygen atoms in total. The maximum atomic E-state index is 12.2. The van der Waals surface area contributed by atoms with E-state index in [2.05, 4.69) is 29.0 Å². The zero-order chi connectivity index (χ0) is 14.7. The van der Waals surface area contributed by atoms with Crippen LogP contribution in [-0.4, -0.2) is 47.0 Å². The van der Waals surface area contributed by atoms with Gasteiger partial charge in [-0.25, -0.2) is 4.98 Å². The van der Waals surface area contributed by atoms with E-state index in [9.17, 15) is 4.79 Å². The highest BCUT2D eigenvalue weighted by molar-refractivity contribution is 6.33. The largest absolute Gasteiger partial charge is 0.346 e. The summed E-state index contributed by atoms with van der Waals surface area (Å²) in [6.07, 6.45) is 2.40. The first-order valence-electron chi connectivity index (χ1n) is 6.90. The van der Waals surface area contributed by atoms with Gasteiger partial charge >= 0.3 is 0 Å². The Morgan fingerprint density at radius 2 is 2.35 bits per heavy atom. The van der Waals surface area contributed by atoms with Crippen molar-refractivity contribution in [3.8, 4) is 0 Å². The molecular formula is C14H21ClN4O. The normalized spacial score (nSPS) is 23.9. The molecule has 1 aromatic rings. The first-order chi connectivity index (χ1) is 9.49. The molecule has 1 amide bonds. The van der Waals surface area contributed by atoms with Gasteiger partial charge in [-0.15, -0.1) is 0 Å². The summed E-state index contributed by atoms with van der Waals surface area (Å²) in [5.74, 6) is -0.256. The van der Waals surface area contributed by atoms with Gasteiger partial charge in [-0.2, -0.15) is 0 Å². The first-order valence-corrected chi connectivity index (χ1v) is 7.28. The molecule has 1 aliphatic heterocycles. The molecule has 0 spiro atoms. The maximum absolute atomic E-state index is 12.2. The third-order valence-corrected chi connectivity index (χ3v) is 4.01. The fraction of sp³-hybridized carbons (Fsp3) is 0.571. The number of nitrogens with zero attached hydrogens (tertiary/aromatic N) is 2. The molecule has 1 saturated heterocycles. The van der Waals surface area contributed by atoms with Crippen LogP contribution >= 0.6 is 11.6 Å². The Bertz CT molecular complexity index is 480. The van der Waals surface area contributed by atoms with Gasteiger partial charge in [-0.05, 0) is 32.4 Å². The number of hydrogen-bond acceptors (Lipinski definition) is 4. The molecular weight excluding hydrogens is 276 g/mol. The van der Waals surface area contributed by atoms with Crippen molar-refractivity contribution in [2.75, 3.05) is 13.1 Å². The van der Waals surface area contributed by atoms with Crippen LogP contribution in [0, 0.1) is 0 Å². The SMILES string of the molecule is CC(C)N1CCC(NC(=O)c2ncccc2Cl)C(N)C1. The lowest BCUT2D eigenvalue weighted by atomic mass is 9.98. The van der Waals surface area contributed by atoms with Crippen LogP contribution in [0.25, 0.3) is 0 Å². The number of halogens is 1. The van der Waals surface area contributed by atoms with Gasteiger partial charge in [0.15, 0.2) is 0 Å². The molecule has 1 aromatic heterocycles. The third kappa shape index (κ3) is 3.48. The number of carbonyl (C=O) groups is 1. The van der Waals surface area contributed by atoms with E-state index < -0.39 is 0 Å². The Morgan fingerprint density at radius 1 is 1.60 bits per heavy atom. The monoisotopic (exact) mass is 296 g/mol. The average molecular weight is 297 g/mol. The summed E-state index contributed by atoms with van der Waals surface area (Å²) in [6.45, 7) is 6.03. The molecule has 1 aliphatic rings. The van der Waals surface area contributed by atoms with Crippen LogP contribution in [0.3, 0.4) is 0 Å². The lowest BCUT2D eigenvalue weighted by molar-refractivity contribution is 0.0875. The summed E-state index contributed by atoms with van der Waals surface area (Å²) in [6, 6.07) is 3.73. The van der Waals surface area contributed by atoms with E-state index in [4.69, 9.17) is 17.3 Å². The lowest BCUT2D eigenvalue weighted by Gasteiger charge is -2.39. The second-order valence-corrected chi connectivity index (χ2v) is 5.86. The fourth-order valence-electron chi connectivity index (χ4n) is 2.45. The van der Waals surface area contributed by atoms with Crippen LogP contribution < -0.4 is 11.1 Å². The van der Waals surface area contributed by atoms with Gasteiger partial charge in [0.2, 0.25) is 0 Å². The van der Waals surface area contributed by atoms with Crippen LogP contribution in [-0.2, 0) is 0 Å². The molecule has 0 bridgehead atoms. The zero-order valence-electron chi connectivity index (χ0n) is 11.8. The van der Waals surface area contributed by atoms with Crippen molar-refractivity contribution in [3.05, 3.63) is 29.0 Å². The molecule has 0 aliphatic carbocycles. The third-order valence-electron chi connectivity index (χ3n) is 3.71. The molecule has 20 heavy (non-hydrogen) atoms. The second-order valence-electron chi connectivity index (χ2n) is 5.46. The van der Waals surface area contributed by atoms with Crippen molar-refractivity contribution in [2.24, 2.45) is 5.73 Å². The van der Waals surface area contributed by atoms with Crippen LogP contribution in [0.4, 0.5) is 0 Å². The van der Waals surface area contributed by atoms with Gasteiger partial charge in [-0.3, -0.25) is 9.69 Å². The number of rotatable bonds is 3. The fourth-order valence-corrected chi connectivity index (χ4v) is 2.65. The summed E-state index contributed by atoms with van der Waals surface area (Å²) < 4.78 is 0. The number of nitrogens with two attached hydrogens (primary N) is 1. The number of nitrogens with one attached hydrogen (secondary N) is 1. The van der Waals surface area contributed by atoms with Crippen molar-refractivity contribution >= 4 is 17.5 Å². The Balaban J connectivity index is 1.98. The van der Waals surface area contributed by atoms with E-state index in [1.54, 1.807) is 18.3 Å². The standard InChI is InChI=1S/C14H21ClN4O/c1-9(2)19-7-5-12(11(16)8-19)18-14(20)13-10(15)4-3-6-17-13/h3-4,6,9,11-12H,5,7-8,16H2,1-2H3,(H,18,20). The molecule has 2 rings (SSSR count). The first kappa shape index (κ1) is 15.2. The minimum absolute atomic E-state index is 0.0319. The molecule has 0 saturated carbocycles. The molecule has 6 heteroatoms. The molecule has 0 aromatic carbocycles. The van der Waals surface area contributed by atoms with Gasteiger partial charge in [0.1, 0.15) is 5.69 Å². The zero-order valence-corrected chi connectivity index (χ0v) is 12.6. The average Bonchev–Trinajstić information content (AvgIpc) is 2.41. The van der Waals surface area contributed by atoms with Gasteiger partial charge < -0.3 is 11.1 Å².